The second kappa shape index (κ2) is 8.36. The highest BCUT2D eigenvalue weighted by Gasteiger charge is 1.98. The number of rotatable bonds is 6. The molecule has 1 aromatic heterocycles. The van der Waals surface area contributed by atoms with E-state index in [1.165, 1.54) is 0 Å². The SMILES string of the molecule is NCC#Cc1cccc(OCCSCc2ccco2)c1. The lowest BCUT2D eigenvalue weighted by molar-refractivity contribution is 0.344. The summed E-state index contributed by atoms with van der Waals surface area (Å²) >= 11 is 1.79. The van der Waals surface area contributed by atoms with E-state index in [9.17, 15) is 0 Å². The molecule has 0 fully saturated rings. The fourth-order valence-corrected chi connectivity index (χ4v) is 2.31. The van der Waals surface area contributed by atoms with Gasteiger partial charge in [-0.3, -0.25) is 0 Å². The minimum absolute atomic E-state index is 0.370. The van der Waals surface area contributed by atoms with Gasteiger partial charge >= 0.3 is 0 Å². The third-order valence-electron chi connectivity index (χ3n) is 2.49. The highest BCUT2D eigenvalue weighted by atomic mass is 32.2. The lowest BCUT2D eigenvalue weighted by atomic mass is 10.2. The molecule has 0 unspecified atom stereocenters. The zero-order chi connectivity index (χ0) is 14.0. The van der Waals surface area contributed by atoms with E-state index in [2.05, 4.69) is 11.8 Å². The molecule has 0 spiro atoms. The van der Waals surface area contributed by atoms with Crippen LogP contribution in [-0.4, -0.2) is 18.9 Å². The summed E-state index contributed by atoms with van der Waals surface area (Å²) in [5.41, 5.74) is 6.28. The molecular formula is C16H17NO2S. The Hall–Kier alpha value is -1.83. The third kappa shape index (κ3) is 5.04. The maximum absolute atomic E-state index is 5.70. The Bertz CT molecular complexity index is 570. The third-order valence-corrected chi connectivity index (χ3v) is 3.43. The van der Waals surface area contributed by atoms with Crippen LogP contribution in [0, 0.1) is 11.8 Å². The monoisotopic (exact) mass is 287 g/mol. The molecule has 2 aromatic rings. The summed E-state index contributed by atoms with van der Waals surface area (Å²) in [6, 6.07) is 11.6. The molecule has 1 heterocycles. The summed E-state index contributed by atoms with van der Waals surface area (Å²) in [4.78, 5) is 0. The number of ether oxygens (including phenoxy) is 1. The summed E-state index contributed by atoms with van der Waals surface area (Å²) in [5.74, 6) is 9.45. The predicted octanol–water partition coefficient (Wildman–Crippen LogP) is 2.90. The Kier molecular flexibility index (Phi) is 6.09. The van der Waals surface area contributed by atoms with E-state index in [0.717, 1.165) is 28.6 Å². The second-order valence-corrected chi connectivity index (χ2v) is 5.12. The number of hydrogen-bond donors (Lipinski definition) is 1. The van der Waals surface area contributed by atoms with Gasteiger partial charge in [0.05, 0.1) is 25.2 Å². The Morgan fingerprint density at radius 2 is 2.20 bits per heavy atom. The van der Waals surface area contributed by atoms with Gasteiger partial charge in [-0.1, -0.05) is 17.9 Å². The Morgan fingerprint density at radius 1 is 1.25 bits per heavy atom. The van der Waals surface area contributed by atoms with E-state index >= 15 is 0 Å². The van der Waals surface area contributed by atoms with Crippen molar-refractivity contribution in [1.29, 1.82) is 0 Å². The van der Waals surface area contributed by atoms with Crippen LogP contribution in [0.15, 0.2) is 47.1 Å². The highest BCUT2D eigenvalue weighted by molar-refractivity contribution is 7.98. The molecule has 2 rings (SSSR count). The highest BCUT2D eigenvalue weighted by Crippen LogP contribution is 2.15. The number of benzene rings is 1. The van der Waals surface area contributed by atoms with Gasteiger partial charge in [0.25, 0.3) is 0 Å². The second-order valence-electron chi connectivity index (χ2n) is 4.01. The molecule has 0 aliphatic rings. The average Bonchev–Trinajstić information content (AvgIpc) is 2.98. The van der Waals surface area contributed by atoms with Gasteiger partial charge < -0.3 is 14.9 Å². The Balaban J connectivity index is 1.71. The molecule has 4 heteroatoms. The van der Waals surface area contributed by atoms with Gasteiger partial charge in [-0.05, 0) is 30.3 Å². The summed E-state index contributed by atoms with van der Waals surface area (Å²) in [6.45, 7) is 1.04. The van der Waals surface area contributed by atoms with Gasteiger partial charge in [-0.2, -0.15) is 11.8 Å². The summed E-state index contributed by atoms with van der Waals surface area (Å²) in [5, 5.41) is 0. The van der Waals surface area contributed by atoms with Crippen molar-refractivity contribution in [3.63, 3.8) is 0 Å². The first-order chi connectivity index (χ1) is 9.88. The molecule has 0 atom stereocenters. The summed E-state index contributed by atoms with van der Waals surface area (Å²) in [6.07, 6.45) is 1.69. The minimum Gasteiger partial charge on any atom is -0.493 e. The Labute approximate surface area is 123 Å². The van der Waals surface area contributed by atoms with Crippen molar-refractivity contribution in [3.8, 4) is 17.6 Å². The van der Waals surface area contributed by atoms with E-state index < -0.39 is 0 Å². The lowest BCUT2D eigenvalue weighted by Gasteiger charge is -2.05. The van der Waals surface area contributed by atoms with E-state index in [0.29, 0.717) is 13.2 Å². The summed E-state index contributed by atoms with van der Waals surface area (Å²) in [7, 11) is 0. The predicted molar refractivity (Wildman–Crippen MR) is 82.7 cm³/mol. The molecule has 1 aromatic carbocycles. The molecule has 0 radical (unpaired) electrons. The fourth-order valence-electron chi connectivity index (χ4n) is 1.60. The van der Waals surface area contributed by atoms with Gasteiger partial charge in [0, 0.05) is 11.3 Å². The minimum atomic E-state index is 0.370. The maximum atomic E-state index is 5.70. The van der Waals surface area contributed by atoms with Crippen molar-refractivity contribution in [2.75, 3.05) is 18.9 Å². The molecule has 0 saturated carbocycles. The van der Waals surface area contributed by atoms with Crippen molar-refractivity contribution in [1.82, 2.24) is 0 Å². The fraction of sp³-hybridized carbons (Fsp3) is 0.250. The normalized spacial score (nSPS) is 9.85. The van der Waals surface area contributed by atoms with Crippen LogP contribution in [0.3, 0.4) is 0 Å². The molecule has 104 valence electrons. The van der Waals surface area contributed by atoms with Crippen molar-refractivity contribution < 1.29 is 9.15 Å². The molecule has 2 N–H and O–H groups in total. The molecule has 3 nitrogen and oxygen atoms in total. The number of furan rings is 1. The topological polar surface area (TPSA) is 48.4 Å². The lowest BCUT2D eigenvalue weighted by Crippen LogP contribution is -2.00. The van der Waals surface area contributed by atoms with Crippen molar-refractivity contribution in [2.24, 2.45) is 5.73 Å². The maximum Gasteiger partial charge on any atom is 0.120 e. The smallest absolute Gasteiger partial charge is 0.120 e. The van der Waals surface area contributed by atoms with Crippen LogP contribution in [-0.2, 0) is 5.75 Å². The van der Waals surface area contributed by atoms with E-state index in [1.807, 2.05) is 36.4 Å². The first-order valence-corrected chi connectivity index (χ1v) is 7.56. The molecule has 0 aliphatic carbocycles. The largest absolute Gasteiger partial charge is 0.493 e. The van der Waals surface area contributed by atoms with E-state index in [-0.39, 0.29) is 0 Å². The van der Waals surface area contributed by atoms with E-state index in [4.69, 9.17) is 14.9 Å². The van der Waals surface area contributed by atoms with Gasteiger partial charge in [-0.15, -0.1) is 0 Å². The van der Waals surface area contributed by atoms with Crippen LogP contribution < -0.4 is 10.5 Å². The van der Waals surface area contributed by atoms with Gasteiger partial charge in [-0.25, -0.2) is 0 Å². The van der Waals surface area contributed by atoms with Gasteiger partial charge in [0.1, 0.15) is 11.5 Å². The van der Waals surface area contributed by atoms with Crippen LogP contribution in [0.4, 0.5) is 0 Å². The van der Waals surface area contributed by atoms with Crippen molar-refractivity contribution in [2.45, 2.75) is 5.75 Å². The average molecular weight is 287 g/mol. The first-order valence-electron chi connectivity index (χ1n) is 6.40. The molecule has 0 amide bonds. The Morgan fingerprint density at radius 3 is 3.00 bits per heavy atom. The number of thioether (sulfide) groups is 1. The standard InChI is InChI=1S/C16H17NO2S/c17-8-2-5-14-4-1-6-15(12-14)19-10-11-20-13-16-7-3-9-18-16/h1,3-4,6-7,9,12H,8,10-11,13,17H2. The van der Waals surface area contributed by atoms with Crippen molar-refractivity contribution in [3.05, 3.63) is 54.0 Å². The molecular weight excluding hydrogens is 270 g/mol. The number of nitrogens with two attached hydrogens (primary N) is 1. The van der Waals surface area contributed by atoms with Crippen molar-refractivity contribution >= 4 is 11.8 Å². The van der Waals surface area contributed by atoms with Gasteiger partial charge in [0.15, 0.2) is 0 Å². The van der Waals surface area contributed by atoms with Crippen LogP contribution in [0.2, 0.25) is 0 Å². The molecule has 0 bridgehead atoms. The molecule has 20 heavy (non-hydrogen) atoms. The van der Waals surface area contributed by atoms with Crippen LogP contribution in [0.5, 0.6) is 5.75 Å². The zero-order valence-electron chi connectivity index (χ0n) is 11.2. The summed E-state index contributed by atoms with van der Waals surface area (Å²) < 4.78 is 11.0. The molecule has 0 saturated heterocycles. The quantitative estimate of drug-likeness (QED) is 0.655. The van der Waals surface area contributed by atoms with E-state index in [1.54, 1.807) is 18.0 Å². The molecule has 0 aliphatic heterocycles. The zero-order valence-corrected chi connectivity index (χ0v) is 12.0. The first kappa shape index (κ1) is 14.6. The van der Waals surface area contributed by atoms with Gasteiger partial charge in [0.2, 0.25) is 0 Å². The number of hydrogen-bond acceptors (Lipinski definition) is 4. The van der Waals surface area contributed by atoms with Crippen LogP contribution in [0.1, 0.15) is 11.3 Å². The van der Waals surface area contributed by atoms with Crippen LogP contribution >= 0.6 is 11.8 Å². The van der Waals surface area contributed by atoms with Crippen LogP contribution in [0.25, 0.3) is 0 Å².